The van der Waals surface area contributed by atoms with Crippen LogP contribution in [-0.4, -0.2) is 9.97 Å². The second-order valence-corrected chi connectivity index (χ2v) is 14.7. The van der Waals surface area contributed by atoms with Gasteiger partial charge in [0.25, 0.3) is 0 Å². The highest BCUT2D eigenvalue weighted by Gasteiger charge is 2.30. The summed E-state index contributed by atoms with van der Waals surface area (Å²) in [6.45, 7) is 0. The molecule has 9 aromatic rings. The number of hydrogen-bond donors (Lipinski definition) is 0. The van der Waals surface area contributed by atoms with E-state index in [0.717, 1.165) is 80.4 Å². The summed E-state index contributed by atoms with van der Waals surface area (Å²) in [5.41, 5.74) is 14.1. The van der Waals surface area contributed by atoms with Crippen LogP contribution >= 0.6 is 0 Å². The molecule has 11 rings (SSSR count). The Labute approximate surface area is 319 Å². The van der Waals surface area contributed by atoms with Gasteiger partial charge in [-0.2, -0.15) is 0 Å². The zero-order chi connectivity index (χ0) is 36.3. The number of aromatic nitrogens is 2. The molecule has 260 valence electrons. The van der Waals surface area contributed by atoms with Crippen molar-refractivity contribution >= 4 is 49.1 Å². The molecular formula is C52H36N2O. The summed E-state index contributed by atoms with van der Waals surface area (Å²) in [6, 6.07) is 51.8. The normalized spacial score (nSPS) is 15.4. The lowest BCUT2D eigenvalue weighted by molar-refractivity contribution is 0.583. The van der Waals surface area contributed by atoms with E-state index in [1.807, 2.05) is 6.20 Å². The number of benzene rings is 7. The Bertz CT molecular complexity index is 3020. The third kappa shape index (κ3) is 5.34. The maximum absolute atomic E-state index is 7.13. The minimum Gasteiger partial charge on any atom is -0.455 e. The summed E-state index contributed by atoms with van der Waals surface area (Å²) < 4.78 is 7.13. The summed E-state index contributed by atoms with van der Waals surface area (Å²) in [7, 11) is 0. The summed E-state index contributed by atoms with van der Waals surface area (Å²) in [6.07, 6.45) is 14.5. The number of allylic oxidation sites excluding steroid dienone is 5. The van der Waals surface area contributed by atoms with Gasteiger partial charge in [-0.3, -0.25) is 4.98 Å². The van der Waals surface area contributed by atoms with Gasteiger partial charge in [0.2, 0.25) is 0 Å². The maximum atomic E-state index is 7.13. The number of furan rings is 1. The maximum Gasteiger partial charge on any atom is 0.142 e. The van der Waals surface area contributed by atoms with Crippen LogP contribution in [0.4, 0.5) is 0 Å². The van der Waals surface area contributed by atoms with Crippen LogP contribution in [0, 0.1) is 5.92 Å². The molecular weight excluding hydrogens is 669 g/mol. The van der Waals surface area contributed by atoms with Crippen molar-refractivity contribution in [2.75, 3.05) is 0 Å². The molecule has 2 aliphatic carbocycles. The average molecular weight is 705 g/mol. The molecule has 55 heavy (non-hydrogen) atoms. The number of hydrogen-bond acceptors (Lipinski definition) is 3. The molecule has 2 aliphatic rings. The molecule has 2 heterocycles. The van der Waals surface area contributed by atoms with Crippen molar-refractivity contribution < 1.29 is 4.42 Å². The van der Waals surface area contributed by atoms with Crippen molar-refractivity contribution in [1.29, 1.82) is 0 Å². The van der Waals surface area contributed by atoms with Gasteiger partial charge in [0.1, 0.15) is 11.3 Å². The fourth-order valence-electron chi connectivity index (χ4n) is 8.81. The first-order valence-corrected chi connectivity index (χ1v) is 19.2. The number of fused-ring (bicyclic) bond motifs is 9. The molecule has 1 atom stereocenters. The van der Waals surface area contributed by atoms with Crippen LogP contribution in [0.1, 0.15) is 29.7 Å². The quantitative estimate of drug-likeness (QED) is 0.167. The number of nitrogens with zero attached hydrogens (tertiary/aromatic N) is 2. The predicted molar refractivity (Wildman–Crippen MR) is 228 cm³/mol. The largest absolute Gasteiger partial charge is 0.455 e. The first-order valence-electron chi connectivity index (χ1n) is 19.2. The Balaban J connectivity index is 1.11. The van der Waals surface area contributed by atoms with Crippen LogP contribution in [0.3, 0.4) is 0 Å². The summed E-state index contributed by atoms with van der Waals surface area (Å²) in [4.78, 5) is 10.4. The fraction of sp³-hybridized carbons (Fsp3) is 0.0769. The molecule has 0 fully saturated rings. The summed E-state index contributed by atoms with van der Waals surface area (Å²) >= 11 is 0. The second-order valence-electron chi connectivity index (χ2n) is 14.7. The minimum absolute atomic E-state index is 0.270. The fourth-order valence-corrected chi connectivity index (χ4v) is 8.81. The van der Waals surface area contributed by atoms with Gasteiger partial charge in [-0.1, -0.05) is 152 Å². The van der Waals surface area contributed by atoms with Crippen molar-refractivity contribution in [2.45, 2.75) is 19.3 Å². The standard InChI is InChI=1S/C52H36N2O/c1-4-15-33(16-5-1)38-28-44(35-19-8-3-9-20-35)51-46(30-38)47-31-39(34-17-6-2-7-18-34)29-45(52(47)55-51)36-21-14-22-37(27-36)48-32-53-49-42-25-12-10-23-40(42)41-24-11-13-26-43(41)50(49)54-48/h2-4,6-29,31-32,38H,1,5,30H2. The monoisotopic (exact) mass is 704 g/mol. The van der Waals surface area contributed by atoms with E-state index in [2.05, 4.69) is 170 Å². The van der Waals surface area contributed by atoms with Crippen molar-refractivity contribution in [1.82, 2.24) is 9.97 Å². The Morgan fingerprint density at radius 1 is 0.545 bits per heavy atom. The minimum atomic E-state index is 0.270. The smallest absolute Gasteiger partial charge is 0.142 e. The molecule has 0 amide bonds. The highest BCUT2D eigenvalue weighted by molar-refractivity contribution is 6.23. The van der Waals surface area contributed by atoms with E-state index in [0.29, 0.717) is 0 Å². The van der Waals surface area contributed by atoms with E-state index in [-0.39, 0.29) is 5.92 Å². The molecule has 0 spiro atoms. The first kappa shape index (κ1) is 31.7. The Morgan fingerprint density at radius 2 is 1.22 bits per heavy atom. The molecule has 7 aromatic carbocycles. The Hall–Kier alpha value is -6.84. The van der Waals surface area contributed by atoms with Gasteiger partial charge >= 0.3 is 0 Å². The molecule has 0 saturated heterocycles. The van der Waals surface area contributed by atoms with E-state index in [1.165, 1.54) is 44.0 Å². The molecule has 0 saturated carbocycles. The third-order valence-electron chi connectivity index (χ3n) is 11.5. The van der Waals surface area contributed by atoms with E-state index in [4.69, 9.17) is 14.4 Å². The molecule has 0 radical (unpaired) electrons. The highest BCUT2D eigenvalue weighted by Crippen LogP contribution is 2.46. The topological polar surface area (TPSA) is 38.9 Å². The third-order valence-corrected chi connectivity index (χ3v) is 11.5. The second kappa shape index (κ2) is 12.9. The first-order chi connectivity index (χ1) is 27.3. The van der Waals surface area contributed by atoms with Crippen molar-refractivity contribution in [3.63, 3.8) is 0 Å². The van der Waals surface area contributed by atoms with Crippen LogP contribution in [-0.2, 0) is 6.42 Å². The Kier molecular flexibility index (Phi) is 7.44. The van der Waals surface area contributed by atoms with Crippen LogP contribution in [0.2, 0.25) is 0 Å². The van der Waals surface area contributed by atoms with Crippen LogP contribution < -0.4 is 0 Å². The Morgan fingerprint density at radius 3 is 1.96 bits per heavy atom. The zero-order valence-corrected chi connectivity index (χ0v) is 30.2. The average Bonchev–Trinajstić information content (AvgIpc) is 3.65. The van der Waals surface area contributed by atoms with Crippen LogP contribution in [0.15, 0.2) is 186 Å². The molecule has 0 aliphatic heterocycles. The van der Waals surface area contributed by atoms with Gasteiger partial charge in [-0.05, 0) is 76.1 Å². The molecule has 0 bridgehead atoms. The molecule has 0 N–H and O–H groups in total. The van der Waals surface area contributed by atoms with Gasteiger partial charge in [-0.25, -0.2) is 4.98 Å². The lowest BCUT2D eigenvalue weighted by atomic mass is 9.80. The van der Waals surface area contributed by atoms with E-state index in [1.54, 1.807) is 0 Å². The molecule has 2 aromatic heterocycles. The van der Waals surface area contributed by atoms with Gasteiger partial charge in [0.15, 0.2) is 0 Å². The van der Waals surface area contributed by atoms with Gasteiger partial charge in [-0.15, -0.1) is 0 Å². The van der Waals surface area contributed by atoms with Crippen molar-refractivity contribution in [3.05, 3.63) is 199 Å². The summed E-state index contributed by atoms with van der Waals surface area (Å²) in [5.74, 6) is 1.24. The summed E-state index contributed by atoms with van der Waals surface area (Å²) in [5, 5.41) is 5.79. The van der Waals surface area contributed by atoms with E-state index < -0.39 is 0 Å². The SMILES string of the molecule is C1=CC(C2C=C(c3ccccc3)c3oc4c(-c5cccc(-c6cnc7c8ccccc8c8ccccc8c7n6)c5)cc(-c5ccccc5)cc4c3C2)=CCC1. The van der Waals surface area contributed by atoms with E-state index in [9.17, 15) is 0 Å². The van der Waals surface area contributed by atoms with E-state index >= 15 is 0 Å². The van der Waals surface area contributed by atoms with Crippen molar-refractivity contribution in [3.8, 4) is 33.5 Å². The van der Waals surface area contributed by atoms with Gasteiger partial charge in [0.05, 0.1) is 22.9 Å². The predicted octanol–water partition coefficient (Wildman–Crippen LogP) is 13.6. The number of rotatable bonds is 5. The van der Waals surface area contributed by atoms with Crippen LogP contribution in [0.5, 0.6) is 0 Å². The highest BCUT2D eigenvalue weighted by atomic mass is 16.3. The van der Waals surface area contributed by atoms with Gasteiger partial charge < -0.3 is 4.42 Å². The van der Waals surface area contributed by atoms with Crippen LogP contribution in [0.25, 0.3) is 82.6 Å². The lowest BCUT2D eigenvalue weighted by Crippen LogP contribution is -2.12. The van der Waals surface area contributed by atoms with Crippen molar-refractivity contribution in [2.24, 2.45) is 5.92 Å². The van der Waals surface area contributed by atoms with Gasteiger partial charge in [0, 0.05) is 44.3 Å². The zero-order valence-electron chi connectivity index (χ0n) is 30.2. The lowest BCUT2D eigenvalue weighted by Gasteiger charge is -2.23. The molecule has 3 heteroatoms. The molecule has 3 nitrogen and oxygen atoms in total. The molecule has 1 unspecified atom stereocenters.